The zero-order valence-electron chi connectivity index (χ0n) is 39.3. The molecule has 1 aliphatic carbocycles. The first-order valence-corrected chi connectivity index (χ1v) is 24.7. The summed E-state index contributed by atoms with van der Waals surface area (Å²) in [7, 11) is 1.61. The maximum Gasteiger partial charge on any atom is 0.328 e. The third kappa shape index (κ3) is 7.81. The SMILES string of the molecule is COCOc1ccccc1-c1cc(N2CC3CCC(C2)N3c2ccc(F)c(N3C[C@H]4CC(CN5CCC6(CC5)CC(n5cc(C)c7cc(N8CCC(=O)NC8=O)cnc75)C6)O[C@H]4C3)c2)c(C)nn1.[HH]. The molecule has 1 saturated carbocycles. The molecule has 68 heavy (non-hydrogen) atoms. The minimum Gasteiger partial charge on any atom is -0.467 e. The van der Waals surface area contributed by atoms with Crippen LogP contribution in [0, 0.1) is 31.0 Å². The third-order valence-electron chi connectivity index (χ3n) is 16.5. The Hall–Kier alpha value is -5.84. The number of hydrogen-bond acceptors (Lipinski definition) is 12. The van der Waals surface area contributed by atoms with Gasteiger partial charge in [0.15, 0.2) is 6.79 Å². The van der Waals surface area contributed by atoms with Gasteiger partial charge in [0.05, 0.1) is 46.9 Å². The van der Waals surface area contributed by atoms with E-state index in [0.717, 1.165) is 129 Å². The van der Waals surface area contributed by atoms with Crippen LogP contribution in [0.15, 0.2) is 67.0 Å². The van der Waals surface area contributed by atoms with Crippen LogP contribution in [-0.4, -0.2) is 127 Å². The lowest BCUT2D eigenvalue weighted by Crippen LogP contribution is -2.54. The lowest BCUT2D eigenvalue weighted by Gasteiger charge is -2.53. The molecule has 16 heteroatoms. The van der Waals surface area contributed by atoms with Gasteiger partial charge in [-0.15, -0.1) is 5.10 Å². The first-order valence-electron chi connectivity index (χ1n) is 24.7. The Bertz CT molecular complexity index is 2730. The number of pyridine rings is 1. The number of nitrogens with zero attached hydrogens (tertiary/aromatic N) is 9. The molecule has 15 nitrogen and oxygen atoms in total. The number of carbonyl (C=O) groups is 2. The summed E-state index contributed by atoms with van der Waals surface area (Å²) in [6.07, 6.45) is 12.5. The van der Waals surface area contributed by atoms with Crippen LogP contribution in [-0.2, 0) is 14.3 Å². The topological polar surface area (TPSA) is 134 Å². The number of aromatic nitrogens is 4. The van der Waals surface area contributed by atoms with Crippen molar-refractivity contribution in [3.8, 4) is 17.0 Å². The van der Waals surface area contributed by atoms with E-state index in [1.165, 1.54) is 12.8 Å². The van der Waals surface area contributed by atoms with Crippen molar-refractivity contribution in [3.63, 3.8) is 0 Å². The highest BCUT2D eigenvalue weighted by atomic mass is 19.1. The molecule has 12 rings (SSSR count). The number of carbonyl (C=O) groups excluding carboxylic acids is 2. The first kappa shape index (κ1) is 43.4. The average Bonchev–Trinajstić information content (AvgIpc) is 4.07. The molecule has 0 radical (unpaired) electrons. The van der Waals surface area contributed by atoms with Gasteiger partial charge in [-0.05, 0) is 125 Å². The summed E-state index contributed by atoms with van der Waals surface area (Å²) in [4.78, 5) is 40.5. The fraction of sp³-hybridized carbons (Fsp3) is 0.519. The van der Waals surface area contributed by atoms with Gasteiger partial charge in [0.1, 0.15) is 17.2 Å². The Balaban J connectivity index is 0.00000520. The molecule has 358 valence electrons. The van der Waals surface area contributed by atoms with Crippen LogP contribution >= 0.6 is 0 Å². The number of piperidine rings is 1. The molecule has 1 N–H and O–H groups in total. The number of piperazine rings is 1. The molecule has 2 aromatic carbocycles. The van der Waals surface area contributed by atoms with E-state index in [9.17, 15) is 9.59 Å². The summed E-state index contributed by atoms with van der Waals surface area (Å²) >= 11 is 0. The second-order valence-electron chi connectivity index (χ2n) is 20.7. The van der Waals surface area contributed by atoms with Gasteiger partial charge in [0.2, 0.25) is 5.91 Å². The first-order chi connectivity index (χ1) is 33.1. The molecule has 7 aliphatic rings. The maximum absolute atomic E-state index is 15.8. The van der Waals surface area contributed by atoms with Crippen LogP contribution in [0.3, 0.4) is 0 Å². The van der Waals surface area contributed by atoms with E-state index in [1.807, 2.05) is 43.3 Å². The van der Waals surface area contributed by atoms with Gasteiger partial charge in [-0.2, -0.15) is 5.10 Å². The highest BCUT2D eigenvalue weighted by Crippen LogP contribution is 2.56. The summed E-state index contributed by atoms with van der Waals surface area (Å²) in [5.74, 6) is 0.713. The highest BCUT2D eigenvalue weighted by molar-refractivity contribution is 6.06. The van der Waals surface area contributed by atoms with Crippen molar-refractivity contribution >= 4 is 45.7 Å². The van der Waals surface area contributed by atoms with E-state index >= 15 is 4.39 Å². The average molecular weight is 927 g/mol. The summed E-state index contributed by atoms with van der Waals surface area (Å²) in [5.41, 5.74) is 8.65. The van der Waals surface area contributed by atoms with Crippen molar-refractivity contribution in [2.24, 2.45) is 11.3 Å². The van der Waals surface area contributed by atoms with Crippen molar-refractivity contribution in [2.75, 3.05) is 85.9 Å². The highest BCUT2D eigenvalue weighted by Gasteiger charge is 2.49. The smallest absolute Gasteiger partial charge is 0.328 e. The number of imide groups is 1. The zero-order chi connectivity index (χ0) is 46.3. The molecular formula is C52H63FN10O5. The van der Waals surface area contributed by atoms with Crippen molar-refractivity contribution in [2.45, 2.75) is 95.5 Å². The van der Waals surface area contributed by atoms with Gasteiger partial charge in [-0.3, -0.25) is 15.0 Å². The number of ether oxygens (including phenoxy) is 3. The summed E-state index contributed by atoms with van der Waals surface area (Å²) in [6, 6.07) is 18.4. The molecule has 3 unspecified atom stereocenters. The van der Waals surface area contributed by atoms with Crippen molar-refractivity contribution in [3.05, 3.63) is 84.1 Å². The number of likely N-dealkylation sites (tertiary alicyclic amines) is 1. The van der Waals surface area contributed by atoms with Crippen molar-refractivity contribution in [1.82, 2.24) is 30.0 Å². The van der Waals surface area contributed by atoms with Crippen LogP contribution in [0.1, 0.15) is 70.1 Å². The van der Waals surface area contributed by atoms with Gasteiger partial charge in [-0.1, -0.05) is 12.1 Å². The molecule has 9 heterocycles. The molecule has 7 fully saturated rings. The number of aryl methyl sites for hydroxylation is 2. The van der Waals surface area contributed by atoms with Gasteiger partial charge < -0.3 is 38.4 Å². The quantitative estimate of drug-likeness (QED) is 0.132. The number of amides is 3. The number of fused-ring (bicyclic) bond motifs is 4. The number of para-hydroxylation sites is 1. The van der Waals surface area contributed by atoms with Crippen LogP contribution in [0.2, 0.25) is 0 Å². The van der Waals surface area contributed by atoms with Crippen LogP contribution in [0.5, 0.6) is 5.75 Å². The predicted octanol–water partition coefficient (Wildman–Crippen LogP) is 7.49. The third-order valence-corrected chi connectivity index (χ3v) is 16.5. The van der Waals surface area contributed by atoms with Gasteiger partial charge >= 0.3 is 6.03 Å². The minimum atomic E-state index is -0.386. The molecule has 3 aromatic heterocycles. The lowest BCUT2D eigenvalue weighted by atomic mass is 9.60. The fourth-order valence-electron chi connectivity index (χ4n) is 13.0. The molecule has 5 atom stereocenters. The standard InChI is InChI=1S/C52H61FN10O5.H2/c1-32-25-62(50-42(32)19-38(24-54-50)61-15-12-49(64)55-51(61)65)39-22-52(23-39)13-16-58(17-14-52)29-40-18-34-26-59(30-48(34)68-40)46-20-35(10-11-43(46)53)63-36-8-9-37(63)28-60(27-36)45-21-44(57-56-33(45)2)41-6-4-5-7-47(41)67-31-66-3;/h4-7,10-11,19-21,24-25,34,36-37,39-40,48H,8-9,12-18,22-23,26-31H2,1-3H3,(H,55,64,65);1H/t34-,36?,37?,40?,48+;/m1./s1. The second kappa shape index (κ2) is 17.3. The number of urea groups is 1. The van der Waals surface area contributed by atoms with Crippen LogP contribution in [0.4, 0.5) is 31.9 Å². The molecule has 3 amide bonds. The van der Waals surface area contributed by atoms with E-state index in [4.69, 9.17) is 19.2 Å². The zero-order valence-corrected chi connectivity index (χ0v) is 39.3. The number of benzene rings is 2. The molecule has 6 aliphatic heterocycles. The normalized spacial score (nSPS) is 26.0. The molecule has 5 aromatic rings. The monoisotopic (exact) mass is 926 g/mol. The van der Waals surface area contributed by atoms with E-state index in [-0.39, 0.29) is 38.2 Å². The molecule has 6 saturated heterocycles. The summed E-state index contributed by atoms with van der Waals surface area (Å²) in [5, 5.41) is 12.6. The van der Waals surface area contributed by atoms with Gasteiger partial charge in [-0.25, -0.2) is 14.2 Å². The van der Waals surface area contributed by atoms with E-state index < -0.39 is 0 Å². The Kier molecular flexibility index (Phi) is 11.0. The second-order valence-corrected chi connectivity index (χ2v) is 20.7. The van der Waals surface area contributed by atoms with Gasteiger partial charge in [0, 0.05) is 101 Å². The van der Waals surface area contributed by atoms with E-state index in [1.54, 1.807) is 24.3 Å². The largest absolute Gasteiger partial charge is 0.467 e. The Labute approximate surface area is 398 Å². The summed E-state index contributed by atoms with van der Waals surface area (Å²) < 4.78 is 35.9. The number of rotatable bonds is 11. The Morgan fingerprint density at radius 3 is 2.47 bits per heavy atom. The number of nitrogens with one attached hydrogen (secondary N) is 1. The maximum atomic E-state index is 15.8. The Morgan fingerprint density at radius 1 is 0.897 bits per heavy atom. The predicted molar refractivity (Wildman–Crippen MR) is 260 cm³/mol. The Morgan fingerprint density at radius 2 is 1.69 bits per heavy atom. The van der Waals surface area contributed by atoms with Crippen LogP contribution in [0.25, 0.3) is 22.3 Å². The van der Waals surface area contributed by atoms with Crippen LogP contribution < -0.4 is 29.7 Å². The van der Waals surface area contributed by atoms with Crippen molar-refractivity contribution in [1.29, 1.82) is 0 Å². The van der Waals surface area contributed by atoms with Gasteiger partial charge in [0.25, 0.3) is 0 Å². The number of halogens is 1. The lowest BCUT2D eigenvalue weighted by molar-refractivity contribution is -0.120. The molecular weight excluding hydrogens is 864 g/mol. The molecule has 1 spiro atoms. The summed E-state index contributed by atoms with van der Waals surface area (Å²) in [6.45, 7) is 11.1. The number of hydrogen-bond donors (Lipinski definition) is 1. The van der Waals surface area contributed by atoms with Crippen molar-refractivity contribution < 1.29 is 29.6 Å². The number of anilines is 4. The number of methoxy groups -OCH3 is 1. The van der Waals surface area contributed by atoms with E-state index in [0.29, 0.717) is 53.9 Å². The fourth-order valence-corrected chi connectivity index (χ4v) is 13.0. The molecule has 2 bridgehead atoms. The van der Waals surface area contributed by atoms with E-state index in [2.05, 4.69) is 64.9 Å². The minimum absolute atomic E-state index is 0.